The Bertz CT molecular complexity index is 328. The monoisotopic (exact) mass is 468 g/mol. The van der Waals surface area contributed by atoms with Crippen LogP contribution in [0, 0.1) is 0 Å². The van der Waals surface area contributed by atoms with Gasteiger partial charge >= 0.3 is 0 Å². The van der Waals surface area contributed by atoms with Gasteiger partial charge < -0.3 is 4.80 Å². The second kappa shape index (κ2) is 21.7. The molecule has 0 aliphatic carbocycles. The molecule has 0 aliphatic rings. The van der Waals surface area contributed by atoms with Gasteiger partial charge in [-0.2, -0.15) is 0 Å². The van der Waals surface area contributed by atoms with Gasteiger partial charge in [-0.1, -0.05) is 176 Å². The van der Waals surface area contributed by atoms with Gasteiger partial charge in [0.15, 0.2) is 8.32 Å². The smallest absolute Gasteiger partial charge is 0.196 e. The van der Waals surface area contributed by atoms with E-state index in [1.807, 2.05) is 0 Å². The van der Waals surface area contributed by atoms with E-state index in [1.54, 1.807) is 0 Å². The molecule has 0 amide bonds. The summed E-state index contributed by atoms with van der Waals surface area (Å²) in [5.41, 5.74) is 1.66. The van der Waals surface area contributed by atoms with Gasteiger partial charge in [-0.25, -0.2) is 0 Å². The topological polar surface area (TPSA) is 20.2 Å². The molecule has 2 heteroatoms. The Morgan fingerprint density at radius 1 is 0.406 bits per heavy atom. The van der Waals surface area contributed by atoms with Crippen LogP contribution in [0.2, 0.25) is 16.6 Å². The lowest BCUT2D eigenvalue weighted by Crippen LogP contribution is -2.47. The largest absolute Gasteiger partial charge is 0.431 e. The number of rotatable bonds is 24. The van der Waals surface area contributed by atoms with Crippen LogP contribution >= 0.6 is 0 Å². The van der Waals surface area contributed by atoms with Crippen molar-refractivity contribution in [1.82, 2.24) is 0 Å². The minimum absolute atomic E-state index is 0.554. The van der Waals surface area contributed by atoms with Crippen LogP contribution in [0.1, 0.15) is 176 Å². The SMILES string of the molecule is CCCCCCCCC(C)[Si](O)(C(C)CCCCCCCC)C(C)CCCCCCCC. The van der Waals surface area contributed by atoms with Crippen molar-refractivity contribution >= 4 is 8.32 Å². The number of hydrogen-bond donors (Lipinski definition) is 1. The van der Waals surface area contributed by atoms with Crippen molar-refractivity contribution < 1.29 is 4.80 Å². The molecule has 3 unspecified atom stereocenters. The van der Waals surface area contributed by atoms with Crippen molar-refractivity contribution in [2.45, 2.75) is 193 Å². The lowest BCUT2D eigenvalue weighted by molar-refractivity contribution is 0.420. The fourth-order valence-corrected chi connectivity index (χ4v) is 10.8. The summed E-state index contributed by atoms with van der Waals surface area (Å²) in [5.74, 6) is 0. The zero-order valence-corrected chi connectivity index (χ0v) is 24.5. The van der Waals surface area contributed by atoms with E-state index in [9.17, 15) is 4.80 Å². The molecule has 0 radical (unpaired) electrons. The average molecular weight is 469 g/mol. The Kier molecular flexibility index (Phi) is 21.8. The normalized spacial score (nSPS) is 16.6. The summed E-state index contributed by atoms with van der Waals surface area (Å²) in [5, 5.41) is 0. The first kappa shape index (κ1) is 32.2. The average Bonchev–Trinajstić information content (AvgIpc) is 2.79. The fourth-order valence-electron chi connectivity index (χ4n) is 5.84. The van der Waals surface area contributed by atoms with E-state index in [4.69, 9.17) is 0 Å². The van der Waals surface area contributed by atoms with Gasteiger partial charge in [-0.15, -0.1) is 0 Å². The maximum absolute atomic E-state index is 12.3. The predicted octanol–water partition coefficient (Wildman–Crippen LogP) is 11.3. The summed E-state index contributed by atoms with van der Waals surface area (Å²) in [4.78, 5) is 12.3. The second-order valence-electron chi connectivity index (χ2n) is 11.3. The molecule has 1 N–H and O–H groups in total. The third-order valence-electron chi connectivity index (χ3n) is 8.34. The van der Waals surface area contributed by atoms with Crippen LogP contribution in [0.3, 0.4) is 0 Å². The molecule has 0 aliphatic heterocycles. The minimum Gasteiger partial charge on any atom is -0.431 e. The highest BCUT2D eigenvalue weighted by molar-refractivity contribution is 6.76. The van der Waals surface area contributed by atoms with Crippen LogP contribution in [0.5, 0.6) is 0 Å². The van der Waals surface area contributed by atoms with Gasteiger partial charge in [0.25, 0.3) is 0 Å². The molecule has 194 valence electrons. The van der Waals surface area contributed by atoms with Crippen molar-refractivity contribution in [2.75, 3.05) is 0 Å². The zero-order valence-electron chi connectivity index (χ0n) is 23.5. The van der Waals surface area contributed by atoms with E-state index in [0.717, 1.165) is 0 Å². The standard InChI is InChI=1S/C30H64OSi/c1-7-10-13-16-19-22-25-28(4)32(31,29(5)26-23-20-17-14-11-8-2)30(6)27-24-21-18-15-12-9-3/h28-31H,7-27H2,1-6H3. The molecule has 0 aromatic carbocycles. The molecule has 0 saturated carbocycles. The third kappa shape index (κ3) is 14.4. The van der Waals surface area contributed by atoms with E-state index in [1.165, 1.54) is 135 Å². The predicted molar refractivity (Wildman–Crippen MR) is 150 cm³/mol. The molecule has 0 spiro atoms. The summed E-state index contributed by atoms with van der Waals surface area (Å²) in [6, 6.07) is 0. The Hall–Kier alpha value is 0.177. The molecule has 0 saturated heterocycles. The molecule has 32 heavy (non-hydrogen) atoms. The molecule has 0 bridgehead atoms. The Balaban J connectivity index is 4.71. The molecule has 0 rings (SSSR count). The summed E-state index contributed by atoms with van der Waals surface area (Å²) in [6.45, 7) is 14.2. The number of hydrogen-bond acceptors (Lipinski definition) is 1. The van der Waals surface area contributed by atoms with Gasteiger partial charge in [0.05, 0.1) is 0 Å². The van der Waals surface area contributed by atoms with E-state index in [0.29, 0.717) is 16.6 Å². The van der Waals surface area contributed by atoms with Gasteiger partial charge in [0.2, 0.25) is 0 Å². The summed E-state index contributed by atoms with van der Waals surface area (Å²) in [7, 11) is -2.29. The Morgan fingerprint density at radius 2 is 0.625 bits per heavy atom. The van der Waals surface area contributed by atoms with Gasteiger partial charge in [0.1, 0.15) is 0 Å². The summed E-state index contributed by atoms with van der Waals surface area (Å²) >= 11 is 0. The van der Waals surface area contributed by atoms with Crippen LogP contribution in [-0.4, -0.2) is 13.1 Å². The fraction of sp³-hybridized carbons (Fsp3) is 1.00. The number of unbranched alkanes of at least 4 members (excludes halogenated alkanes) is 15. The third-order valence-corrected chi connectivity index (χ3v) is 13.9. The molecular formula is C30H64OSi. The van der Waals surface area contributed by atoms with Crippen molar-refractivity contribution in [3.05, 3.63) is 0 Å². The van der Waals surface area contributed by atoms with Crippen molar-refractivity contribution in [3.8, 4) is 0 Å². The summed E-state index contributed by atoms with van der Waals surface area (Å²) in [6.07, 6.45) is 28.4. The highest BCUT2D eigenvalue weighted by Gasteiger charge is 2.46. The molecule has 3 atom stereocenters. The lowest BCUT2D eigenvalue weighted by Gasteiger charge is -2.42. The van der Waals surface area contributed by atoms with E-state index in [-0.39, 0.29) is 0 Å². The minimum atomic E-state index is -2.29. The van der Waals surface area contributed by atoms with Crippen molar-refractivity contribution in [3.63, 3.8) is 0 Å². The maximum Gasteiger partial charge on any atom is 0.196 e. The van der Waals surface area contributed by atoms with Crippen molar-refractivity contribution in [1.29, 1.82) is 0 Å². The molecule has 0 heterocycles. The highest BCUT2D eigenvalue weighted by atomic mass is 28.4. The Morgan fingerprint density at radius 3 is 0.875 bits per heavy atom. The molecule has 0 aromatic heterocycles. The molecule has 0 fully saturated rings. The van der Waals surface area contributed by atoms with Crippen molar-refractivity contribution in [2.24, 2.45) is 0 Å². The lowest BCUT2D eigenvalue weighted by atomic mass is 10.1. The van der Waals surface area contributed by atoms with Crippen LogP contribution in [0.25, 0.3) is 0 Å². The second-order valence-corrected chi connectivity index (χ2v) is 16.0. The first-order chi connectivity index (χ1) is 15.4. The first-order valence-corrected chi connectivity index (χ1v) is 17.3. The van der Waals surface area contributed by atoms with Crippen LogP contribution < -0.4 is 0 Å². The highest BCUT2D eigenvalue weighted by Crippen LogP contribution is 2.46. The van der Waals surface area contributed by atoms with Crippen LogP contribution in [0.4, 0.5) is 0 Å². The van der Waals surface area contributed by atoms with Gasteiger partial charge in [-0.05, 0) is 16.6 Å². The van der Waals surface area contributed by atoms with E-state index < -0.39 is 8.32 Å². The van der Waals surface area contributed by atoms with Gasteiger partial charge in [-0.3, -0.25) is 0 Å². The van der Waals surface area contributed by atoms with Crippen LogP contribution in [0.15, 0.2) is 0 Å². The van der Waals surface area contributed by atoms with Gasteiger partial charge in [0, 0.05) is 0 Å². The maximum atomic E-state index is 12.3. The summed E-state index contributed by atoms with van der Waals surface area (Å²) < 4.78 is 0. The Labute approximate surface area is 206 Å². The quantitative estimate of drug-likeness (QED) is 0.110. The zero-order chi connectivity index (χ0) is 24.1. The van der Waals surface area contributed by atoms with E-state index in [2.05, 4.69) is 41.5 Å². The molecular weight excluding hydrogens is 404 g/mol. The van der Waals surface area contributed by atoms with Crippen LogP contribution in [-0.2, 0) is 0 Å². The molecule has 0 aromatic rings. The first-order valence-electron chi connectivity index (χ1n) is 15.2. The molecule has 1 nitrogen and oxygen atoms in total. The van der Waals surface area contributed by atoms with E-state index >= 15 is 0 Å².